The van der Waals surface area contributed by atoms with Crippen LogP contribution in [0.25, 0.3) is 5.65 Å². The molecular weight excluding hydrogens is 270 g/mol. The van der Waals surface area contributed by atoms with Crippen molar-refractivity contribution in [2.24, 2.45) is 5.92 Å². The number of rotatable bonds is 3. The first-order valence-corrected chi connectivity index (χ1v) is 7.32. The molecule has 0 spiro atoms. The molecule has 2 aromatic rings. The molecule has 1 aliphatic carbocycles. The fraction of sp³-hybridized carbons (Fsp3) is 0.571. The van der Waals surface area contributed by atoms with Gasteiger partial charge in [0.1, 0.15) is 5.82 Å². The van der Waals surface area contributed by atoms with Crippen LogP contribution in [0, 0.1) is 12.8 Å². The summed E-state index contributed by atoms with van der Waals surface area (Å²) in [5, 5.41) is 20.9. The first-order valence-electron chi connectivity index (χ1n) is 7.32. The number of aryl methyl sites for hydroxylation is 1. The quantitative estimate of drug-likeness (QED) is 0.838. The fourth-order valence-electron chi connectivity index (χ4n) is 2.99. The molecule has 7 heteroatoms. The van der Waals surface area contributed by atoms with E-state index in [1.807, 2.05) is 11.3 Å². The van der Waals surface area contributed by atoms with Crippen LogP contribution in [-0.4, -0.2) is 36.7 Å². The van der Waals surface area contributed by atoms with Crippen LogP contribution in [0.1, 0.15) is 37.9 Å². The minimum atomic E-state index is -0.737. The maximum atomic E-state index is 11.5. The second-order valence-corrected chi connectivity index (χ2v) is 5.55. The highest BCUT2D eigenvalue weighted by Gasteiger charge is 2.30. The van der Waals surface area contributed by atoms with Crippen molar-refractivity contribution in [3.8, 4) is 0 Å². The van der Waals surface area contributed by atoms with E-state index in [4.69, 9.17) is 0 Å². The van der Waals surface area contributed by atoms with Gasteiger partial charge in [0, 0.05) is 18.4 Å². The van der Waals surface area contributed by atoms with Crippen molar-refractivity contribution in [3.63, 3.8) is 0 Å². The van der Waals surface area contributed by atoms with Crippen LogP contribution >= 0.6 is 0 Å². The number of nitrogens with one attached hydrogen (secondary N) is 1. The van der Waals surface area contributed by atoms with Crippen molar-refractivity contribution in [1.82, 2.24) is 19.6 Å². The number of carboxylic acids is 1. The Bertz CT molecular complexity index is 654. The average molecular weight is 289 g/mol. The zero-order valence-electron chi connectivity index (χ0n) is 12.0. The molecule has 7 nitrogen and oxygen atoms in total. The van der Waals surface area contributed by atoms with Crippen LogP contribution < -0.4 is 5.32 Å². The maximum absolute atomic E-state index is 11.5. The van der Waals surface area contributed by atoms with Gasteiger partial charge in [-0.15, -0.1) is 10.2 Å². The highest BCUT2D eigenvalue weighted by Crippen LogP contribution is 2.27. The van der Waals surface area contributed by atoms with Gasteiger partial charge in [-0.05, 0) is 19.8 Å². The first-order chi connectivity index (χ1) is 10.2. The van der Waals surface area contributed by atoms with Crippen LogP contribution in [0.3, 0.4) is 0 Å². The Morgan fingerprint density at radius 2 is 2.14 bits per heavy atom. The third-order valence-electron chi connectivity index (χ3n) is 4.15. The lowest BCUT2D eigenvalue weighted by molar-refractivity contribution is -0.142. The Morgan fingerprint density at radius 1 is 1.33 bits per heavy atom. The number of fused-ring (bicyclic) bond motifs is 1. The Kier molecular flexibility index (Phi) is 3.72. The second-order valence-electron chi connectivity index (χ2n) is 5.55. The predicted octanol–water partition coefficient (Wildman–Crippen LogP) is 1.88. The van der Waals surface area contributed by atoms with Crippen molar-refractivity contribution in [2.45, 2.75) is 45.1 Å². The molecule has 0 aromatic carbocycles. The average Bonchev–Trinajstić information content (AvgIpc) is 2.71. The molecule has 21 heavy (non-hydrogen) atoms. The molecule has 1 fully saturated rings. The van der Waals surface area contributed by atoms with Gasteiger partial charge in [0.05, 0.1) is 5.92 Å². The van der Waals surface area contributed by atoms with E-state index in [-0.39, 0.29) is 12.0 Å². The molecular formula is C14H19N5O2. The standard InChI is InChI=1S/C14H19N5O2/c1-9-17-18-13-12(15-7-8-19(9)13)16-11-6-4-2-3-5-10(11)14(20)21/h7-8,10-11H,2-6H2,1H3,(H,15,16)(H,20,21). The maximum Gasteiger partial charge on any atom is 0.308 e. The van der Waals surface area contributed by atoms with Gasteiger partial charge in [-0.25, -0.2) is 4.98 Å². The van der Waals surface area contributed by atoms with Gasteiger partial charge < -0.3 is 10.4 Å². The number of carboxylic acid groups (broad SMARTS) is 1. The molecule has 3 rings (SSSR count). The van der Waals surface area contributed by atoms with E-state index in [0.717, 1.165) is 31.5 Å². The first kappa shape index (κ1) is 13.8. The smallest absolute Gasteiger partial charge is 0.308 e. The van der Waals surface area contributed by atoms with Gasteiger partial charge in [-0.1, -0.05) is 19.3 Å². The molecule has 0 amide bonds. The van der Waals surface area contributed by atoms with E-state index in [9.17, 15) is 9.90 Å². The molecule has 2 heterocycles. The number of anilines is 1. The molecule has 0 aliphatic heterocycles. The monoisotopic (exact) mass is 289 g/mol. The highest BCUT2D eigenvalue weighted by atomic mass is 16.4. The molecule has 2 N–H and O–H groups in total. The van der Waals surface area contributed by atoms with Gasteiger partial charge in [-0.2, -0.15) is 0 Å². The van der Waals surface area contributed by atoms with E-state index in [1.54, 1.807) is 12.4 Å². The van der Waals surface area contributed by atoms with E-state index < -0.39 is 5.97 Å². The van der Waals surface area contributed by atoms with Crippen LogP contribution in [0.15, 0.2) is 12.4 Å². The van der Waals surface area contributed by atoms with Gasteiger partial charge >= 0.3 is 5.97 Å². The minimum Gasteiger partial charge on any atom is -0.481 e. The number of hydrogen-bond acceptors (Lipinski definition) is 5. The van der Waals surface area contributed by atoms with Crippen molar-refractivity contribution in [2.75, 3.05) is 5.32 Å². The Hall–Kier alpha value is -2.18. The summed E-state index contributed by atoms with van der Waals surface area (Å²) in [5.41, 5.74) is 0.642. The van der Waals surface area contributed by atoms with Crippen LogP contribution in [0.4, 0.5) is 5.82 Å². The van der Waals surface area contributed by atoms with Crippen LogP contribution in [0.2, 0.25) is 0 Å². The third kappa shape index (κ3) is 2.68. The Morgan fingerprint density at radius 3 is 2.95 bits per heavy atom. The summed E-state index contributed by atoms with van der Waals surface area (Å²) in [4.78, 5) is 15.8. The summed E-state index contributed by atoms with van der Waals surface area (Å²) in [6, 6.07) is -0.110. The summed E-state index contributed by atoms with van der Waals surface area (Å²) in [5.74, 6) is 0.278. The third-order valence-corrected chi connectivity index (χ3v) is 4.15. The molecule has 1 saturated carbocycles. The summed E-state index contributed by atoms with van der Waals surface area (Å²) < 4.78 is 1.85. The lowest BCUT2D eigenvalue weighted by atomic mass is 9.95. The Balaban J connectivity index is 1.90. The van der Waals surface area contributed by atoms with E-state index >= 15 is 0 Å². The van der Waals surface area contributed by atoms with Crippen molar-refractivity contribution in [3.05, 3.63) is 18.2 Å². The Labute approximate surface area is 122 Å². The summed E-state index contributed by atoms with van der Waals surface area (Å²) in [7, 11) is 0. The molecule has 0 bridgehead atoms. The molecule has 112 valence electrons. The predicted molar refractivity (Wildman–Crippen MR) is 77.1 cm³/mol. The lowest BCUT2D eigenvalue weighted by Gasteiger charge is -2.23. The normalized spacial score (nSPS) is 22.9. The number of carbonyl (C=O) groups is 1. The zero-order valence-corrected chi connectivity index (χ0v) is 12.0. The zero-order chi connectivity index (χ0) is 14.8. The van der Waals surface area contributed by atoms with E-state index in [0.29, 0.717) is 17.9 Å². The molecule has 0 radical (unpaired) electrons. The fourth-order valence-corrected chi connectivity index (χ4v) is 2.99. The molecule has 2 aromatic heterocycles. The second kappa shape index (κ2) is 5.67. The molecule has 2 atom stereocenters. The van der Waals surface area contributed by atoms with Gasteiger partial charge in [0.15, 0.2) is 5.82 Å². The largest absolute Gasteiger partial charge is 0.481 e. The molecule has 2 unspecified atom stereocenters. The van der Waals surface area contributed by atoms with E-state index in [2.05, 4.69) is 20.5 Å². The molecule has 0 saturated heterocycles. The summed E-state index contributed by atoms with van der Waals surface area (Å²) >= 11 is 0. The number of aromatic nitrogens is 4. The van der Waals surface area contributed by atoms with Crippen LogP contribution in [-0.2, 0) is 4.79 Å². The van der Waals surface area contributed by atoms with Crippen molar-refractivity contribution >= 4 is 17.4 Å². The highest BCUT2D eigenvalue weighted by molar-refractivity contribution is 5.72. The number of aliphatic carboxylic acids is 1. The SMILES string of the molecule is Cc1nnc2c(NC3CCCCCC3C(=O)O)nccn12. The van der Waals surface area contributed by atoms with E-state index in [1.165, 1.54) is 0 Å². The van der Waals surface area contributed by atoms with Crippen LogP contribution in [0.5, 0.6) is 0 Å². The topological polar surface area (TPSA) is 92.4 Å². The van der Waals surface area contributed by atoms with Crippen molar-refractivity contribution < 1.29 is 9.90 Å². The van der Waals surface area contributed by atoms with Gasteiger partial charge in [0.2, 0.25) is 5.65 Å². The summed E-state index contributed by atoms with van der Waals surface area (Å²) in [6.07, 6.45) is 8.13. The van der Waals surface area contributed by atoms with Gasteiger partial charge in [-0.3, -0.25) is 9.20 Å². The summed E-state index contributed by atoms with van der Waals surface area (Å²) in [6.45, 7) is 1.87. The van der Waals surface area contributed by atoms with Crippen molar-refractivity contribution in [1.29, 1.82) is 0 Å². The number of nitrogens with zero attached hydrogens (tertiary/aromatic N) is 4. The van der Waals surface area contributed by atoms with Gasteiger partial charge in [0.25, 0.3) is 0 Å². The molecule has 1 aliphatic rings. The number of hydrogen-bond donors (Lipinski definition) is 2. The lowest BCUT2D eigenvalue weighted by Crippen LogP contribution is -2.34. The minimum absolute atomic E-state index is 0.110.